The molecule has 156 valence electrons. The molecule has 4 heterocycles. The van der Waals surface area contributed by atoms with Gasteiger partial charge in [-0.05, 0) is 62.2 Å². The zero-order valence-corrected chi connectivity index (χ0v) is 18.0. The first kappa shape index (κ1) is 19.0. The van der Waals surface area contributed by atoms with Gasteiger partial charge in [0.15, 0.2) is 28.6 Å². The Bertz CT molecular complexity index is 1450. The second-order valence-corrected chi connectivity index (χ2v) is 7.45. The Balaban J connectivity index is 1.74. The Kier molecular flexibility index (Phi) is 4.35. The summed E-state index contributed by atoms with van der Waals surface area (Å²) in [6, 6.07) is 9.68. The van der Waals surface area contributed by atoms with Crippen molar-refractivity contribution in [1.29, 1.82) is 0 Å². The molecule has 0 fully saturated rings. The Morgan fingerprint density at radius 2 is 1.68 bits per heavy atom. The Morgan fingerprint density at radius 3 is 2.42 bits per heavy atom. The van der Waals surface area contributed by atoms with Gasteiger partial charge in [-0.1, -0.05) is 0 Å². The topological polar surface area (TPSA) is 79.4 Å². The predicted octanol–water partition coefficient (Wildman–Crippen LogP) is 4.07. The first-order valence-electron chi connectivity index (χ1n) is 9.90. The van der Waals surface area contributed by atoms with Crippen molar-refractivity contribution in [1.82, 2.24) is 29.1 Å². The smallest absolute Gasteiger partial charge is 0.182 e. The number of pyridine rings is 1. The highest BCUT2D eigenvalue weighted by Crippen LogP contribution is 2.33. The van der Waals surface area contributed by atoms with Crippen LogP contribution in [0.3, 0.4) is 0 Å². The zero-order valence-electron chi connectivity index (χ0n) is 18.0. The molecule has 4 aromatic heterocycles. The molecule has 0 radical (unpaired) electrons. The molecule has 0 aliphatic heterocycles. The maximum absolute atomic E-state index is 5.43. The summed E-state index contributed by atoms with van der Waals surface area (Å²) in [6.45, 7) is 6.21. The van der Waals surface area contributed by atoms with Gasteiger partial charge >= 0.3 is 0 Å². The largest absolute Gasteiger partial charge is 0.493 e. The van der Waals surface area contributed by atoms with Crippen LogP contribution in [0.5, 0.6) is 11.5 Å². The van der Waals surface area contributed by atoms with E-state index in [1.165, 1.54) is 0 Å². The highest BCUT2D eigenvalue weighted by Gasteiger charge is 2.20. The molecule has 0 aliphatic rings. The fourth-order valence-corrected chi connectivity index (χ4v) is 3.88. The van der Waals surface area contributed by atoms with Gasteiger partial charge in [0.1, 0.15) is 12.1 Å². The van der Waals surface area contributed by atoms with Gasteiger partial charge in [-0.15, -0.1) is 5.10 Å². The molecule has 8 heteroatoms. The van der Waals surface area contributed by atoms with Crippen LogP contribution >= 0.6 is 0 Å². The van der Waals surface area contributed by atoms with Crippen molar-refractivity contribution in [3.8, 4) is 28.7 Å². The monoisotopic (exact) mass is 414 g/mol. The van der Waals surface area contributed by atoms with Gasteiger partial charge in [0, 0.05) is 17.5 Å². The maximum atomic E-state index is 5.43. The SMILES string of the molecule is COc1ccc(-c2nc3c4c(C)c(C)n(-c5cc(C)ccn5)c4ncn3n2)cc1OC. The number of methoxy groups -OCH3 is 2. The van der Waals surface area contributed by atoms with Crippen LogP contribution < -0.4 is 9.47 Å². The van der Waals surface area contributed by atoms with E-state index in [1.807, 2.05) is 30.5 Å². The first-order valence-corrected chi connectivity index (χ1v) is 9.90. The summed E-state index contributed by atoms with van der Waals surface area (Å²) >= 11 is 0. The molecule has 0 amide bonds. The molecular formula is C23H22N6O2. The Labute approximate surface area is 179 Å². The van der Waals surface area contributed by atoms with Crippen LogP contribution in [0.25, 0.3) is 33.9 Å². The molecule has 8 nitrogen and oxygen atoms in total. The predicted molar refractivity (Wildman–Crippen MR) is 118 cm³/mol. The average molecular weight is 414 g/mol. The molecule has 0 N–H and O–H groups in total. The summed E-state index contributed by atoms with van der Waals surface area (Å²) in [7, 11) is 3.22. The van der Waals surface area contributed by atoms with E-state index in [-0.39, 0.29) is 0 Å². The van der Waals surface area contributed by atoms with Gasteiger partial charge in [0.25, 0.3) is 0 Å². The van der Waals surface area contributed by atoms with E-state index in [0.717, 1.165) is 44.9 Å². The van der Waals surface area contributed by atoms with E-state index < -0.39 is 0 Å². The van der Waals surface area contributed by atoms with E-state index in [2.05, 4.69) is 41.5 Å². The molecule has 5 rings (SSSR count). The minimum Gasteiger partial charge on any atom is -0.493 e. The van der Waals surface area contributed by atoms with Gasteiger partial charge in [-0.3, -0.25) is 4.57 Å². The van der Waals surface area contributed by atoms with Crippen molar-refractivity contribution in [3.05, 3.63) is 59.7 Å². The minimum absolute atomic E-state index is 0.591. The van der Waals surface area contributed by atoms with Crippen LogP contribution in [0.4, 0.5) is 0 Å². The number of hydrogen-bond acceptors (Lipinski definition) is 6. The number of benzene rings is 1. The number of ether oxygens (including phenoxy) is 2. The number of fused-ring (bicyclic) bond motifs is 3. The summed E-state index contributed by atoms with van der Waals surface area (Å²) < 4.78 is 14.6. The van der Waals surface area contributed by atoms with Crippen molar-refractivity contribution < 1.29 is 9.47 Å². The van der Waals surface area contributed by atoms with Crippen molar-refractivity contribution in [2.24, 2.45) is 0 Å². The average Bonchev–Trinajstić information content (AvgIpc) is 3.32. The summed E-state index contributed by atoms with van der Waals surface area (Å²) in [5.74, 6) is 2.72. The normalized spacial score (nSPS) is 11.4. The van der Waals surface area contributed by atoms with Gasteiger partial charge < -0.3 is 9.47 Å². The van der Waals surface area contributed by atoms with Crippen LogP contribution in [0.15, 0.2) is 42.9 Å². The third-order valence-corrected chi connectivity index (χ3v) is 5.60. The Hall–Kier alpha value is -3.94. The lowest BCUT2D eigenvalue weighted by atomic mass is 10.2. The molecule has 0 unspecified atom stereocenters. The van der Waals surface area contributed by atoms with E-state index >= 15 is 0 Å². The van der Waals surface area contributed by atoms with Gasteiger partial charge in [0.2, 0.25) is 0 Å². The maximum Gasteiger partial charge on any atom is 0.182 e. The van der Waals surface area contributed by atoms with Crippen molar-refractivity contribution in [3.63, 3.8) is 0 Å². The first-order chi connectivity index (χ1) is 15.0. The number of aromatic nitrogens is 6. The molecule has 0 saturated carbocycles. The fraction of sp³-hybridized carbons (Fsp3) is 0.217. The lowest BCUT2D eigenvalue weighted by Crippen LogP contribution is -2.01. The van der Waals surface area contributed by atoms with Crippen LogP contribution in [0, 0.1) is 20.8 Å². The second-order valence-electron chi connectivity index (χ2n) is 7.45. The highest BCUT2D eigenvalue weighted by molar-refractivity contribution is 5.95. The molecule has 1 aromatic carbocycles. The summed E-state index contributed by atoms with van der Waals surface area (Å²) in [5.41, 5.74) is 5.72. The molecule has 0 saturated heterocycles. The zero-order chi connectivity index (χ0) is 21.7. The van der Waals surface area contributed by atoms with Crippen LogP contribution in [-0.4, -0.2) is 43.4 Å². The van der Waals surface area contributed by atoms with Crippen LogP contribution in [-0.2, 0) is 0 Å². The summed E-state index contributed by atoms with van der Waals surface area (Å²) in [6.07, 6.45) is 3.51. The van der Waals surface area contributed by atoms with Gasteiger partial charge in [-0.2, -0.15) is 0 Å². The van der Waals surface area contributed by atoms with Crippen LogP contribution in [0.1, 0.15) is 16.8 Å². The van der Waals surface area contributed by atoms with Crippen molar-refractivity contribution in [2.75, 3.05) is 14.2 Å². The third kappa shape index (κ3) is 2.91. The van der Waals surface area contributed by atoms with Gasteiger partial charge in [0.05, 0.1) is 19.6 Å². The number of aryl methyl sites for hydroxylation is 2. The van der Waals surface area contributed by atoms with Gasteiger partial charge in [-0.25, -0.2) is 19.5 Å². The lowest BCUT2D eigenvalue weighted by Gasteiger charge is -2.07. The van der Waals surface area contributed by atoms with E-state index in [0.29, 0.717) is 17.3 Å². The molecule has 0 spiro atoms. The molecule has 0 bridgehead atoms. The molecule has 0 atom stereocenters. The molecular weight excluding hydrogens is 392 g/mol. The summed E-state index contributed by atoms with van der Waals surface area (Å²) in [5, 5.41) is 5.61. The van der Waals surface area contributed by atoms with E-state index in [4.69, 9.17) is 19.4 Å². The molecule has 0 aliphatic carbocycles. The highest BCUT2D eigenvalue weighted by atomic mass is 16.5. The Morgan fingerprint density at radius 1 is 0.871 bits per heavy atom. The fourth-order valence-electron chi connectivity index (χ4n) is 3.88. The molecule has 5 aromatic rings. The van der Waals surface area contributed by atoms with Crippen molar-refractivity contribution in [2.45, 2.75) is 20.8 Å². The second kappa shape index (κ2) is 7.09. The number of rotatable bonds is 4. The van der Waals surface area contributed by atoms with E-state index in [1.54, 1.807) is 25.1 Å². The standard InChI is InChI=1S/C23H22N6O2/c1-13-8-9-24-19(10-13)29-15(3)14(2)20-22(29)25-12-28-23(20)26-21(27-28)16-6-7-17(30-4)18(11-16)31-5/h6-12H,1-5H3. The quantitative estimate of drug-likeness (QED) is 0.441. The molecule has 31 heavy (non-hydrogen) atoms. The van der Waals surface area contributed by atoms with Crippen LogP contribution in [0.2, 0.25) is 0 Å². The van der Waals surface area contributed by atoms with Crippen molar-refractivity contribution >= 4 is 16.7 Å². The number of nitrogens with zero attached hydrogens (tertiary/aromatic N) is 6. The lowest BCUT2D eigenvalue weighted by molar-refractivity contribution is 0.355. The minimum atomic E-state index is 0.591. The number of hydrogen-bond donors (Lipinski definition) is 0. The van der Waals surface area contributed by atoms with E-state index in [9.17, 15) is 0 Å². The summed E-state index contributed by atoms with van der Waals surface area (Å²) in [4.78, 5) is 14.1. The third-order valence-electron chi connectivity index (χ3n) is 5.60.